The molecule has 1 nitrogen and oxygen atoms in total. The van der Waals surface area contributed by atoms with Gasteiger partial charge in [0.2, 0.25) is 0 Å². The van der Waals surface area contributed by atoms with Gasteiger partial charge in [-0.2, -0.15) is 0 Å². The maximum atomic E-state index is 5.22. The molecule has 0 aromatic heterocycles. The minimum Gasteiger partial charge on any atom is -0.404 e. The molecule has 0 spiro atoms. The van der Waals surface area contributed by atoms with Crippen molar-refractivity contribution in [2.75, 3.05) is 0 Å². The number of nitrogens with two attached hydrogens (primary N) is 1. The lowest BCUT2D eigenvalue weighted by molar-refractivity contribution is 0.422. The van der Waals surface area contributed by atoms with Crippen molar-refractivity contribution in [2.24, 2.45) is 17.6 Å². The Morgan fingerprint density at radius 1 is 1.50 bits per heavy atom. The third-order valence-corrected chi connectivity index (χ3v) is 2.79. The highest BCUT2D eigenvalue weighted by atomic mass is 32.2. The zero-order valence-corrected chi connectivity index (χ0v) is 9.03. The highest BCUT2D eigenvalue weighted by Crippen LogP contribution is 2.25. The molecular formula is C10H19NS. The van der Waals surface area contributed by atoms with Crippen molar-refractivity contribution in [3.8, 4) is 0 Å². The molecule has 2 heteroatoms. The summed E-state index contributed by atoms with van der Waals surface area (Å²) in [6.07, 6.45) is 2.63. The smallest absolute Gasteiger partial charge is 0.000532 e. The third kappa shape index (κ3) is 5.30. The van der Waals surface area contributed by atoms with Crippen molar-refractivity contribution in [3.05, 3.63) is 23.1 Å². The molecule has 0 aliphatic heterocycles. The van der Waals surface area contributed by atoms with Crippen molar-refractivity contribution in [1.82, 2.24) is 0 Å². The molecule has 0 aromatic rings. The SMILES string of the molecule is C=C(CC(C)C(C)C)S/C=C\N. The Labute approximate surface area is 80.1 Å². The van der Waals surface area contributed by atoms with Gasteiger partial charge in [0.15, 0.2) is 0 Å². The molecule has 0 radical (unpaired) electrons. The van der Waals surface area contributed by atoms with Crippen LogP contribution in [0.1, 0.15) is 27.2 Å². The van der Waals surface area contributed by atoms with Gasteiger partial charge in [0.1, 0.15) is 0 Å². The molecule has 0 heterocycles. The normalized spacial score (nSPS) is 14.0. The second kappa shape index (κ2) is 6.18. The van der Waals surface area contributed by atoms with Gasteiger partial charge in [0.25, 0.3) is 0 Å². The zero-order chi connectivity index (χ0) is 9.56. The van der Waals surface area contributed by atoms with Gasteiger partial charge in [0, 0.05) is 6.20 Å². The minimum absolute atomic E-state index is 0.705. The van der Waals surface area contributed by atoms with E-state index < -0.39 is 0 Å². The van der Waals surface area contributed by atoms with E-state index in [1.165, 1.54) is 4.91 Å². The minimum atomic E-state index is 0.705. The average molecular weight is 185 g/mol. The van der Waals surface area contributed by atoms with Gasteiger partial charge in [-0.15, -0.1) is 11.8 Å². The molecule has 0 rings (SSSR count). The molecule has 0 aliphatic rings. The monoisotopic (exact) mass is 185 g/mol. The Balaban J connectivity index is 3.69. The highest BCUT2D eigenvalue weighted by Gasteiger charge is 2.07. The number of hydrogen-bond acceptors (Lipinski definition) is 2. The van der Waals surface area contributed by atoms with Crippen LogP contribution >= 0.6 is 11.8 Å². The Bertz CT molecular complexity index is 161. The molecule has 0 aromatic carbocycles. The summed E-state index contributed by atoms with van der Waals surface area (Å²) in [4.78, 5) is 1.19. The second-order valence-electron chi connectivity index (χ2n) is 3.41. The van der Waals surface area contributed by atoms with E-state index in [9.17, 15) is 0 Å². The van der Waals surface area contributed by atoms with Crippen LogP contribution in [0, 0.1) is 11.8 Å². The third-order valence-electron chi connectivity index (χ3n) is 2.00. The first-order valence-electron chi connectivity index (χ1n) is 4.29. The number of allylic oxidation sites excluding steroid dienone is 1. The quantitative estimate of drug-likeness (QED) is 0.711. The van der Waals surface area contributed by atoms with Crippen LogP contribution < -0.4 is 5.73 Å². The molecule has 1 atom stereocenters. The summed E-state index contributed by atoms with van der Waals surface area (Å²) < 4.78 is 0. The first-order chi connectivity index (χ1) is 5.57. The molecular weight excluding hydrogens is 166 g/mol. The van der Waals surface area contributed by atoms with E-state index in [-0.39, 0.29) is 0 Å². The maximum Gasteiger partial charge on any atom is 0.000532 e. The molecule has 0 saturated carbocycles. The number of hydrogen-bond donors (Lipinski definition) is 1. The average Bonchev–Trinajstić information content (AvgIpc) is 2.00. The van der Waals surface area contributed by atoms with E-state index >= 15 is 0 Å². The van der Waals surface area contributed by atoms with Crippen LogP contribution in [0.2, 0.25) is 0 Å². The first-order valence-corrected chi connectivity index (χ1v) is 5.17. The van der Waals surface area contributed by atoms with Crippen molar-refractivity contribution in [3.63, 3.8) is 0 Å². The molecule has 12 heavy (non-hydrogen) atoms. The first kappa shape index (κ1) is 11.6. The van der Waals surface area contributed by atoms with Crippen LogP contribution in [0.3, 0.4) is 0 Å². The predicted molar refractivity (Wildman–Crippen MR) is 58.7 cm³/mol. The highest BCUT2D eigenvalue weighted by molar-refractivity contribution is 8.05. The zero-order valence-electron chi connectivity index (χ0n) is 8.21. The van der Waals surface area contributed by atoms with Crippen LogP contribution in [0.5, 0.6) is 0 Å². The van der Waals surface area contributed by atoms with Crippen molar-refractivity contribution in [2.45, 2.75) is 27.2 Å². The van der Waals surface area contributed by atoms with Gasteiger partial charge in [0.05, 0.1) is 0 Å². The van der Waals surface area contributed by atoms with E-state index in [0.717, 1.165) is 12.3 Å². The van der Waals surface area contributed by atoms with Gasteiger partial charge in [-0.25, -0.2) is 0 Å². The summed E-state index contributed by atoms with van der Waals surface area (Å²) in [7, 11) is 0. The number of rotatable bonds is 5. The molecule has 1 unspecified atom stereocenters. The van der Waals surface area contributed by atoms with E-state index in [2.05, 4.69) is 27.4 Å². The fraction of sp³-hybridized carbons (Fsp3) is 0.600. The van der Waals surface area contributed by atoms with E-state index in [1.807, 2.05) is 5.41 Å². The van der Waals surface area contributed by atoms with E-state index in [0.29, 0.717) is 5.92 Å². The number of thioether (sulfide) groups is 1. The fourth-order valence-electron chi connectivity index (χ4n) is 0.778. The van der Waals surface area contributed by atoms with Crippen LogP contribution in [0.4, 0.5) is 0 Å². The lowest BCUT2D eigenvalue weighted by atomic mass is 9.95. The van der Waals surface area contributed by atoms with Crippen LogP contribution in [-0.2, 0) is 0 Å². The molecule has 0 saturated heterocycles. The van der Waals surface area contributed by atoms with E-state index in [4.69, 9.17) is 5.73 Å². The molecule has 0 aliphatic carbocycles. The van der Waals surface area contributed by atoms with Gasteiger partial charge in [-0.3, -0.25) is 0 Å². The summed E-state index contributed by atoms with van der Waals surface area (Å²) in [6.45, 7) is 10.7. The van der Waals surface area contributed by atoms with E-state index in [1.54, 1.807) is 18.0 Å². The Hall–Kier alpha value is -0.370. The topological polar surface area (TPSA) is 26.0 Å². The van der Waals surface area contributed by atoms with Gasteiger partial charge < -0.3 is 5.73 Å². The summed E-state index contributed by atoms with van der Waals surface area (Å²) in [5.41, 5.74) is 5.22. The summed E-state index contributed by atoms with van der Waals surface area (Å²) in [5.74, 6) is 1.43. The van der Waals surface area contributed by atoms with Crippen LogP contribution in [-0.4, -0.2) is 0 Å². The maximum absolute atomic E-state index is 5.22. The largest absolute Gasteiger partial charge is 0.404 e. The van der Waals surface area contributed by atoms with Crippen molar-refractivity contribution in [1.29, 1.82) is 0 Å². The fourth-order valence-corrected chi connectivity index (χ4v) is 1.41. The lowest BCUT2D eigenvalue weighted by Gasteiger charge is -2.15. The van der Waals surface area contributed by atoms with Crippen LogP contribution in [0.25, 0.3) is 0 Å². The molecule has 0 bridgehead atoms. The Morgan fingerprint density at radius 2 is 2.08 bits per heavy atom. The predicted octanol–water partition coefficient (Wildman–Crippen LogP) is 3.35. The lowest BCUT2D eigenvalue weighted by Crippen LogP contribution is -2.03. The Morgan fingerprint density at radius 3 is 2.50 bits per heavy atom. The summed E-state index contributed by atoms with van der Waals surface area (Å²) in [6, 6.07) is 0. The summed E-state index contributed by atoms with van der Waals surface area (Å²) >= 11 is 1.62. The molecule has 70 valence electrons. The standard InChI is InChI=1S/C10H19NS/c1-8(2)9(3)7-10(4)12-6-5-11/h5-6,8-9H,4,7,11H2,1-3H3/b6-5-. The van der Waals surface area contributed by atoms with Gasteiger partial charge in [-0.1, -0.05) is 27.4 Å². The Kier molecular flexibility index (Phi) is 5.99. The molecule has 2 N–H and O–H groups in total. The van der Waals surface area contributed by atoms with Crippen molar-refractivity contribution < 1.29 is 0 Å². The molecule has 0 amide bonds. The summed E-state index contributed by atoms with van der Waals surface area (Å²) in [5, 5.41) is 1.87. The second-order valence-corrected chi connectivity index (χ2v) is 4.50. The van der Waals surface area contributed by atoms with Crippen LogP contribution in [0.15, 0.2) is 23.1 Å². The van der Waals surface area contributed by atoms with Crippen molar-refractivity contribution >= 4 is 11.8 Å². The van der Waals surface area contributed by atoms with Gasteiger partial charge >= 0.3 is 0 Å². The molecule has 0 fully saturated rings. The van der Waals surface area contributed by atoms with Gasteiger partial charge in [-0.05, 0) is 28.6 Å².